The summed E-state index contributed by atoms with van der Waals surface area (Å²) in [5.74, 6) is 1.05. The molecule has 1 amide bonds. The van der Waals surface area contributed by atoms with Crippen LogP contribution >= 0.6 is 0 Å². The molecular weight excluding hydrogens is 507 g/mol. The lowest BCUT2D eigenvalue weighted by atomic mass is 9.75. The lowest BCUT2D eigenvalue weighted by Gasteiger charge is -2.42. The van der Waals surface area contributed by atoms with Crippen LogP contribution in [0.1, 0.15) is 58.2 Å². The maximum atomic E-state index is 14.2. The van der Waals surface area contributed by atoms with Crippen LogP contribution < -0.4 is 4.90 Å². The minimum Gasteiger partial charge on any atom is -0.379 e. The number of piperidine rings is 1. The van der Waals surface area contributed by atoms with Crippen molar-refractivity contribution < 1.29 is 22.7 Å². The fourth-order valence-corrected chi connectivity index (χ4v) is 5.99. The number of nitrogens with zero attached hydrogens (tertiary/aromatic N) is 5. The summed E-state index contributed by atoms with van der Waals surface area (Å²) in [6, 6.07) is 10.4. The molecule has 206 valence electrons. The van der Waals surface area contributed by atoms with Crippen molar-refractivity contribution in [1.82, 2.24) is 19.7 Å². The molecule has 0 N–H and O–H groups in total. The van der Waals surface area contributed by atoms with Gasteiger partial charge in [0.2, 0.25) is 0 Å². The molecule has 2 aromatic carbocycles. The average Bonchev–Trinajstić information content (AvgIpc) is 3.44. The Morgan fingerprint density at radius 1 is 1.13 bits per heavy atom. The molecule has 0 radical (unpaired) electrons. The third-order valence-corrected chi connectivity index (χ3v) is 8.52. The van der Waals surface area contributed by atoms with E-state index in [1.54, 1.807) is 18.5 Å². The largest absolute Gasteiger partial charge is 0.416 e. The minimum absolute atomic E-state index is 0.0506. The quantitative estimate of drug-likeness (QED) is 0.453. The zero-order valence-electron chi connectivity index (χ0n) is 22.2. The van der Waals surface area contributed by atoms with Gasteiger partial charge < -0.3 is 14.2 Å². The van der Waals surface area contributed by atoms with E-state index in [1.165, 1.54) is 11.0 Å². The van der Waals surface area contributed by atoms with E-state index in [4.69, 9.17) is 4.74 Å². The molecule has 7 nitrogen and oxygen atoms in total. The predicted molar refractivity (Wildman–Crippen MR) is 139 cm³/mol. The topological polar surface area (TPSA) is 63.5 Å². The lowest BCUT2D eigenvalue weighted by molar-refractivity contribution is -0.138. The van der Waals surface area contributed by atoms with Gasteiger partial charge in [0.05, 0.1) is 25.3 Å². The van der Waals surface area contributed by atoms with Crippen LogP contribution in [-0.2, 0) is 42.9 Å². The Kier molecular flexibility index (Phi) is 6.50. The number of likely N-dealkylation sites (tertiary alicyclic amines) is 1. The highest BCUT2D eigenvalue weighted by atomic mass is 19.4. The lowest BCUT2D eigenvalue weighted by Crippen LogP contribution is -2.49. The number of hydrogen-bond donors (Lipinski definition) is 0. The van der Waals surface area contributed by atoms with E-state index in [-0.39, 0.29) is 23.1 Å². The molecule has 0 bridgehead atoms. The molecule has 0 atom stereocenters. The van der Waals surface area contributed by atoms with Gasteiger partial charge in [-0.3, -0.25) is 9.69 Å². The van der Waals surface area contributed by atoms with E-state index >= 15 is 0 Å². The maximum absolute atomic E-state index is 14.2. The Morgan fingerprint density at radius 2 is 1.90 bits per heavy atom. The van der Waals surface area contributed by atoms with Gasteiger partial charge in [0.25, 0.3) is 5.91 Å². The second-order valence-electron chi connectivity index (χ2n) is 11.4. The monoisotopic (exact) mass is 539 g/mol. The first-order chi connectivity index (χ1) is 18.6. The molecular formula is C29H32F3N5O2. The molecule has 0 spiro atoms. The van der Waals surface area contributed by atoms with Gasteiger partial charge in [-0.05, 0) is 72.8 Å². The van der Waals surface area contributed by atoms with E-state index in [1.807, 2.05) is 29.8 Å². The van der Waals surface area contributed by atoms with E-state index in [2.05, 4.69) is 22.0 Å². The van der Waals surface area contributed by atoms with Gasteiger partial charge in [-0.2, -0.15) is 13.2 Å². The standard InChI is InChI=1S/C29H32F3N5O2/c1-19-6-8-36(9-7-19)14-20-10-23-24(25(11-20)29(30,31)32)15-37(27(23)38)22-5-3-4-21(12-22)28(16-39-17-28)13-26-34-33-18-35(26)2/h3-5,10-12,18-19H,6-9,13-17H2,1-2H3. The van der Waals surface area contributed by atoms with Crippen LogP contribution in [0.3, 0.4) is 0 Å². The number of ether oxygens (including phenoxy) is 1. The molecule has 4 heterocycles. The first kappa shape index (κ1) is 26.0. The van der Waals surface area contributed by atoms with Crippen molar-refractivity contribution in [3.8, 4) is 0 Å². The summed E-state index contributed by atoms with van der Waals surface area (Å²) in [6.07, 6.45) is -0.222. The summed E-state index contributed by atoms with van der Waals surface area (Å²) in [6.45, 7) is 5.20. The number of fused-ring (bicyclic) bond motifs is 1. The number of rotatable bonds is 6. The Hall–Kier alpha value is -3.24. The number of carbonyl (C=O) groups is 1. The number of alkyl halides is 3. The number of amides is 1. The molecule has 2 saturated heterocycles. The zero-order chi connectivity index (χ0) is 27.4. The van der Waals surface area contributed by atoms with Crippen molar-refractivity contribution >= 4 is 11.6 Å². The van der Waals surface area contributed by atoms with Gasteiger partial charge in [0.1, 0.15) is 12.2 Å². The van der Waals surface area contributed by atoms with Gasteiger partial charge in [0, 0.05) is 36.7 Å². The van der Waals surface area contributed by atoms with Crippen LogP contribution in [0.15, 0.2) is 42.7 Å². The van der Waals surface area contributed by atoms with Crippen LogP contribution in [0.2, 0.25) is 0 Å². The maximum Gasteiger partial charge on any atom is 0.416 e. The second-order valence-corrected chi connectivity index (χ2v) is 11.4. The number of carbonyl (C=O) groups excluding carboxylic acids is 1. The highest BCUT2D eigenvalue weighted by Gasteiger charge is 2.43. The Balaban J connectivity index is 1.30. The third kappa shape index (κ3) is 4.84. The Morgan fingerprint density at radius 3 is 2.54 bits per heavy atom. The SMILES string of the molecule is CC1CCN(Cc2cc3c(c(C(F)(F)F)c2)CN(c2cccc(C4(Cc5nncn5C)COC4)c2)C3=O)CC1. The molecule has 0 saturated carbocycles. The molecule has 2 fully saturated rings. The van der Waals surface area contributed by atoms with Gasteiger partial charge in [0.15, 0.2) is 0 Å². The molecule has 0 unspecified atom stereocenters. The average molecular weight is 540 g/mol. The van der Waals surface area contributed by atoms with Crippen LogP contribution in [0, 0.1) is 5.92 Å². The summed E-state index contributed by atoms with van der Waals surface area (Å²) in [7, 11) is 1.89. The molecule has 0 aliphatic carbocycles. The van der Waals surface area contributed by atoms with Gasteiger partial charge in [-0.25, -0.2) is 0 Å². The van der Waals surface area contributed by atoms with Crippen LogP contribution in [0.5, 0.6) is 0 Å². The van der Waals surface area contributed by atoms with Crippen LogP contribution in [0.4, 0.5) is 18.9 Å². The van der Waals surface area contributed by atoms with Crippen molar-refractivity contribution in [2.24, 2.45) is 13.0 Å². The summed E-state index contributed by atoms with van der Waals surface area (Å²) < 4.78 is 50.1. The molecule has 3 aromatic rings. The van der Waals surface area contributed by atoms with Crippen molar-refractivity contribution in [2.45, 2.75) is 50.9 Å². The van der Waals surface area contributed by atoms with Crippen molar-refractivity contribution in [1.29, 1.82) is 0 Å². The van der Waals surface area contributed by atoms with Gasteiger partial charge >= 0.3 is 6.18 Å². The highest BCUT2D eigenvalue weighted by molar-refractivity contribution is 6.10. The summed E-state index contributed by atoms with van der Waals surface area (Å²) >= 11 is 0. The fourth-order valence-electron chi connectivity index (χ4n) is 5.99. The van der Waals surface area contributed by atoms with Gasteiger partial charge in [-0.1, -0.05) is 19.1 Å². The number of halogens is 3. The smallest absolute Gasteiger partial charge is 0.379 e. The third-order valence-electron chi connectivity index (χ3n) is 8.52. The minimum atomic E-state index is -4.54. The molecule has 10 heteroatoms. The second kappa shape index (κ2) is 9.75. The highest BCUT2D eigenvalue weighted by Crippen LogP contribution is 2.42. The fraction of sp³-hybridized carbons (Fsp3) is 0.483. The molecule has 39 heavy (non-hydrogen) atoms. The van der Waals surface area contributed by atoms with Crippen LogP contribution in [0.25, 0.3) is 0 Å². The zero-order valence-corrected chi connectivity index (χ0v) is 22.2. The number of aryl methyl sites for hydroxylation is 1. The van der Waals surface area contributed by atoms with Gasteiger partial charge in [-0.15, -0.1) is 10.2 Å². The van der Waals surface area contributed by atoms with Crippen LogP contribution in [-0.4, -0.2) is 51.9 Å². The van der Waals surface area contributed by atoms with E-state index in [0.717, 1.165) is 37.3 Å². The Labute approximate surface area is 225 Å². The van der Waals surface area contributed by atoms with Crippen molar-refractivity contribution in [3.05, 3.63) is 76.4 Å². The van der Waals surface area contributed by atoms with E-state index in [0.29, 0.717) is 43.3 Å². The molecule has 3 aliphatic rings. The molecule has 1 aromatic heterocycles. The first-order valence-corrected chi connectivity index (χ1v) is 13.4. The van der Waals surface area contributed by atoms with E-state index < -0.39 is 17.6 Å². The number of benzene rings is 2. The summed E-state index contributed by atoms with van der Waals surface area (Å²) in [5, 5.41) is 8.19. The van der Waals surface area contributed by atoms with E-state index in [9.17, 15) is 18.0 Å². The van der Waals surface area contributed by atoms with Crippen molar-refractivity contribution in [2.75, 3.05) is 31.2 Å². The summed E-state index contributed by atoms with van der Waals surface area (Å²) in [4.78, 5) is 17.3. The summed E-state index contributed by atoms with van der Waals surface area (Å²) in [5.41, 5.74) is 1.24. The number of hydrogen-bond acceptors (Lipinski definition) is 5. The number of anilines is 1. The molecule has 3 aliphatic heterocycles. The van der Waals surface area contributed by atoms with Crippen molar-refractivity contribution in [3.63, 3.8) is 0 Å². The predicted octanol–water partition coefficient (Wildman–Crippen LogP) is 4.74. The Bertz CT molecular complexity index is 1390. The number of aromatic nitrogens is 3. The first-order valence-electron chi connectivity index (χ1n) is 13.4. The normalized spacial score (nSPS) is 19.8. The molecule has 6 rings (SSSR count).